The van der Waals surface area contributed by atoms with Gasteiger partial charge in [0.15, 0.2) is 0 Å². The van der Waals surface area contributed by atoms with E-state index in [0.29, 0.717) is 18.6 Å². The van der Waals surface area contributed by atoms with E-state index in [-0.39, 0.29) is 12.0 Å². The molecule has 2 N–H and O–H groups in total. The fourth-order valence-corrected chi connectivity index (χ4v) is 3.69. The van der Waals surface area contributed by atoms with E-state index in [9.17, 15) is 9.90 Å². The van der Waals surface area contributed by atoms with Crippen LogP contribution in [0.5, 0.6) is 0 Å². The Labute approximate surface area is 140 Å². The first-order chi connectivity index (χ1) is 11.0. The maximum Gasteiger partial charge on any atom is 0.234 e. The number of rotatable bonds is 6. The molecule has 0 unspecified atom stereocenters. The number of aliphatic hydroxyl groups is 1. The summed E-state index contributed by atoms with van der Waals surface area (Å²) in [6, 6.07) is 0.734. The van der Waals surface area contributed by atoms with E-state index in [1.165, 1.54) is 0 Å². The Hall–Kier alpha value is -0.690. The normalized spacial score (nSPS) is 27.0. The Bertz CT molecular complexity index is 370. The summed E-state index contributed by atoms with van der Waals surface area (Å²) in [5, 5.41) is 12.7. The quantitative estimate of drug-likeness (QED) is 0.718. The lowest BCUT2D eigenvalue weighted by Gasteiger charge is -2.40. The fraction of sp³-hybridized carbons (Fsp3) is 0.941. The second-order valence-electron chi connectivity index (χ2n) is 7.20. The Morgan fingerprint density at radius 3 is 2.48 bits per heavy atom. The molecule has 6 nitrogen and oxygen atoms in total. The molecule has 2 atom stereocenters. The van der Waals surface area contributed by atoms with E-state index in [2.05, 4.69) is 33.9 Å². The number of nitrogens with zero attached hydrogens (tertiary/aromatic N) is 3. The average molecular weight is 326 g/mol. The lowest BCUT2D eigenvalue weighted by molar-refractivity contribution is -0.124. The summed E-state index contributed by atoms with van der Waals surface area (Å²) >= 11 is 0. The van der Waals surface area contributed by atoms with Gasteiger partial charge >= 0.3 is 0 Å². The van der Waals surface area contributed by atoms with Crippen molar-refractivity contribution >= 4 is 5.91 Å². The maximum absolute atomic E-state index is 12.3. The van der Waals surface area contributed by atoms with Crippen LogP contribution in [0.2, 0.25) is 0 Å². The molecule has 23 heavy (non-hydrogen) atoms. The fourth-order valence-electron chi connectivity index (χ4n) is 3.69. The molecule has 134 valence electrons. The van der Waals surface area contributed by atoms with Gasteiger partial charge < -0.3 is 15.3 Å². The number of piperidine rings is 1. The molecule has 0 aromatic heterocycles. The Balaban J connectivity index is 1.68. The Morgan fingerprint density at radius 2 is 1.91 bits per heavy atom. The van der Waals surface area contributed by atoms with Crippen LogP contribution >= 0.6 is 0 Å². The first kappa shape index (κ1) is 18.6. The van der Waals surface area contributed by atoms with Crippen molar-refractivity contribution < 1.29 is 9.90 Å². The van der Waals surface area contributed by atoms with Crippen LogP contribution in [0.4, 0.5) is 0 Å². The van der Waals surface area contributed by atoms with E-state index < -0.39 is 0 Å². The summed E-state index contributed by atoms with van der Waals surface area (Å²) in [6.07, 6.45) is 1.84. The predicted molar refractivity (Wildman–Crippen MR) is 92.4 cm³/mol. The zero-order chi connectivity index (χ0) is 16.8. The van der Waals surface area contributed by atoms with E-state index in [1.807, 2.05) is 6.92 Å². The number of amides is 1. The molecule has 0 radical (unpaired) electrons. The second-order valence-corrected chi connectivity index (χ2v) is 7.20. The van der Waals surface area contributed by atoms with Crippen LogP contribution in [0, 0.1) is 0 Å². The molecule has 0 spiro atoms. The van der Waals surface area contributed by atoms with Crippen molar-refractivity contribution in [2.75, 3.05) is 52.4 Å². The average Bonchev–Trinajstić information content (AvgIpc) is 2.50. The number of likely N-dealkylation sites (tertiary alicyclic amines) is 1. The van der Waals surface area contributed by atoms with Gasteiger partial charge in [-0.2, -0.15) is 0 Å². The lowest BCUT2D eigenvalue weighted by atomic mass is 10.1. The summed E-state index contributed by atoms with van der Waals surface area (Å²) < 4.78 is 0. The topological polar surface area (TPSA) is 59.1 Å². The van der Waals surface area contributed by atoms with E-state index >= 15 is 0 Å². The monoisotopic (exact) mass is 326 g/mol. The van der Waals surface area contributed by atoms with Crippen LogP contribution in [-0.2, 0) is 4.79 Å². The number of piperazine rings is 1. The van der Waals surface area contributed by atoms with Crippen LogP contribution in [0.1, 0.15) is 33.6 Å². The van der Waals surface area contributed by atoms with Gasteiger partial charge in [0.05, 0.1) is 12.6 Å². The molecule has 0 bridgehead atoms. The van der Waals surface area contributed by atoms with Crippen LogP contribution < -0.4 is 5.32 Å². The summed E-state index contributed by atoms with van der Waals surface area (Å²) in [5.41, 5.74) is 0. The molecule has 2 saturated heterocycles. The molecular weight excluding hydrogens is 292 g/mol. The van der Waals surface area contributed by atoms with E-state index in [4.69, 9.17) is 0 Å². The summed E-state index contributed by atoms with van der Waals surface area (Å²) in [5.74, 6) is 0.163. The van der Waals surface area contributed by atoms with Crippen LogP contribution in [0.15, 0.2) is 0 Å². The molecule has 2 rings (SSSR count). The zero-order valence-corrected chi connectivity index (χ0v) is 15.0. The van der Waals surface area contributed by atoms with Gasteiger partial charge in [-0.3, -0.25) is 14.6 Å². The number of hydrogen-bond acceptors (Lipinski definition) is 5. The van der Waals surface area contributed by atoms with Crippen molar-refractivity contribution in [1.82, 2.24) is 20.0 Å². The van der Waals surface area contributed by atoms with Crippen LogP contribution in [0.25, 0.3) is 0 Å². The lowest BCUT2D eigenvalue weighted by Crippen LogP contribution is -2.56. The standard InChI is InChI=1S/C17H34N4O2/c1-4-19-7-5-16(6-8-19)18-17(23)13-20-9-10-21(12-15(3)22)14(2)11-20/h14-16,22H,4-13H2,1-3H3,(H,18,23)/t14-,15-/m0/s1. The third kappa shape index (κ3) is 6.03. The van der Waals surface area contributed by atoms with Crippen molar-refractivity contribution in [2.45, 2.75) is 51.8 Å². The maximum atomic E-state index is 12.3. The molecule has 0 aliphatic carbocycles. The number of carbonyl (C=O) groups is 1. The molecule has 1 amide bonds. The SMILES string of the molecule is CCN1CCC(NC(=O)CN2CCN(C[C@H](C)O)[C@@H](C)C2)CC1. The number of carbonyl (C=O) groups excluding carboxylic acids is 1. The molecule has 0 aromatic rings. The number of nitrogens with one attached hydrogen (secondary N) is 1. The molecule has 0 aromatic carbocycles. The highest BCUT2D eigenvalue weighted by Gasteiger charge is 2.26. The van der Waals surface area contributed by atoms with Crippen molar-refractivity contribution in [1.29, 1.82) is 0 Å². The van der Waals surface area contributed by atoms with E-state index in [1.54, 1.807) is 0 Å². The summed E-state index contributed by atoms with van der Waals surface area (Å²) in [4.78, 5) is 19.3. The van der Waals surface area contributed by atoms with Gasteiger partial charge in [-0.15, -0.1) is 0 Å². The first-order valence-electron chi connectivity index (χ1n) is 9.14. The minimum atomic E-state index is -0.290. The summed E-state index contributed by atoms with van der Waals surface area (Å²) in [6.45, 7) is 13.4. The third-order valence-electron chi connectivity index (χ3n) is 5.12. The highest BCUT2D eigenvalue weighted by molar-refractivity contribution is 5.78. The van der Waals surface area contributed by atoms with Crippen molar-refractivity contribution in [3.05, 3.63) is 0 Å². The van der Waals surface area contributed by atoms with Crippen LogP contribution in [-0.4, -0.2) is 96.3 Å². The minimum absolute atomic E-state index is 0.163. The highest BCUT2D eigenvalue weighted by atomic mass is 16.3. The number of hydrogen-bond donors (Lipinski definition) is 2. The van der Waals surface area contributed by atoms with Gasteiger partial charge in [0.1, 0.15) is 0 Å². The molecule has 2 aliphatic rings. The second kappa shape index (κ2) is 8.97. The van der Waals surface area contributed by atoms with Crippen molar-refractivity contribution in [3.63, 3.8) is 0 Å². The third-order valence-corrected chi connectivity index (χ3v) is 5.12. The van der Waals surface area contributed by atoms with Gasteiger partial charge in [-0.05, 0) is 33.2 Å². The molecule has 6 heteroatoms. The molecule has 2 heterocycles. The van der Waals surface area contributed by atoms with Gasteiger partial charge in [0.25, 0.3) is 0 Å². The molecule has 2 aliphatic heterocycles. The number of aliphatic hydroxyl groups excluding tert-OH is 1. The van der Waals surface area contributed by atoms with Crippen LogP contribution in [0.3, 0.4) is 0 Å². The van der Waals surface area contributed by atoms with Crippen molar-refractivity contribution in [2.24, 2.45) is 0 Å². The molecule has 2 fully saturated rings. The van der Waals surface area contributed by atoms with E-state index in [0.717, 1.165) is 58.7 Å². The van der Waals surface area contributed by atoms with Gasteiger partial charge in [0.2, 0.25) is 5.91 Å². The van der Waals surface area contributed by atoms with Gasteiger partial charge in [-0.25, -0.2) is 0 Å². The number of β-amino-alcohol motifs (C(OH)–C–C–N with tert-alkyl or cyclic N) is 1. The predicted octanol–water partition coefficient (Wildman–Crippen LogP) is -0.0262. The zero-order valence-electron chi connectivity index (χ0n) is 15.0. The molecular formula is C17H34N4O2. The largest absolute Gasteiger partial charge is 0.392 e. The first-order valence-corrected chi connectivity index (χ1v) is 9.14. The van der Waals surface area contributed by atoms with Gasteiger partial charge in [0, 0.05) is 51.4 Å². The Kier molecular flexibility index (Phi) is 7.27. The Morgan fingerprint density at radius 1 is 1.22 bits per heavy atom. The molecule has 0 saturated carbocycles. The van der Waals surface area contributed by atoms with Crippen molar-refractivity contribution in [3.8, 4) is 0 Å². The minimum Gasteiger partial charge on any atom is -0.392 e. The highest BCUT2D eigenvalue weighted by Crippen LogP contribution is 2.11. The smallest absolute Gasteiger partial charge is 0.234 e. The van der Waals surface area contributed by atoms with Gasteiger partial charge in [-0.1, -0.05) is 6.92 Å². The summed E-state index contributed by atoms with van der Waals surface area (Å²) in [7, 11) is 0.